The van der Waals surface area contributed by atoms with Crippen molar-refractivity contribution in [2.75, 3.05) is 0 Å². The van der Waals surface area contributed by atoms with Crippen LogP contribution in [0.25, 0.3) is 65.9 Å². The molecule has 6 aromatic carbocycles. The lowest BCUT2D eigenvalue weighted by Crippen LogP contribution is -2.24. The molecule has 0 saturated heterocycles. The Morgan fingerprint density at radius 2 is 0.739 bits per heavy atom. The summed E-state index contributed by atoms with van der Waals surface area (Å²) in [4.78, 5) is 57.1. The summed E-state index contributed by atoms with van der Waals surface area (Å²) in [6, 6.07) is 34.6. The maximum absolute atomic E-state index is 14.3. The zero-order chi connectivity index (χ0) is 30.8. The van der Waals surface area contributed by atoms with Crippen molar-refractivity contribution in [3.05, 3.63) is 173 Å². The fourth-order valence-electron chi connectivity index (χ4n) is 7.95. The number of nitrogens with zero attached hydrogens (tertiary/aromatic N) is 2. The smallest absolute Gasteiger partial charge is 0.267 e. The molecule has 0 spiro atoms. The van der Waals surface area contributed by atoms with E-state index < -0.39 is 22.2 Å². The Morgan fingerprint density at radius 3 is 1.20 bits per heavy atom. The van der Waals surface area contributed by atoms with Gasteiger partial charge in [0, 0.05) is 0 Å². The highest BCUT2D eigenvalue weighted by molar-refractivity contribution is 6.25. The van der Waals surface area contributed by atoms with Gasteiger partial charge in [0.25, 0.3) is 22.2 Å². The van der Waals surface area contributed by atoms with E-state index in [1.54, 1.807) is 36.4 Å². The summed E-state index contributed by atoms with van der Waals surface area (Å²) in [5, 5.41) is 1.29. The number of aromatic nitrogens is 2. The van der Waals surface area contributed by atoms with E-state index in [2.05, 4.69) is 24.3 Å². The van der Waals surface area contributed by atoms with Crippen LogP contribution in [0.4, 0.5) is 0 Å². The van der Waals surface area contributed by atoms with Gasteiger partial charge in [0.05, 0.1) is 32.9 Å². The lowest BCUT2D eigenvalue weighted by atomic mass is 9.99. The molecule has 216 valence electrons. The summed E-state index contributed by atoms with van der Waals surface area (Å²) >= 11 is 0. The van der Waals surface area contributed by atoms with Gasteiger partial charge >= 0.3 is 0 Å². The molecule has 0 aliphatic heterocycles. The van der Waals surface area contributed by atoms with Crippen molar-refractivity contribution >= 4 is 32.3 Å². The van der Waals surface area contributed by atoms with Crippen LogP contribution in [0.5, 0.6) is 0 Å². The molecule has 8 aromatic rings. The number of hydrogen-bond donors (Lipinski definition) is 0. The lowest BCUT2D eigenvalue weighted by molar-refractivity contribution is 0.983. The van der Waals surface area contributed by atoms with Crippen LogP contribution >= 0.6 is 0 Å². The molecule has 2 aliphatic rings. The van der Waals surface area contributed by atoms with Crippen LogP contribution < -0.4 is 22.2 Å². The van der Waals surface area contributed by atoms with E-state index in [0.29, 0.717) is 35.0 Å². The Balaban J connectivity index is 1.25. The van der Waals surface area contributed by atoms with Gasteiger partial charge in [0.2, 0.25) is 0 Å². The van der Waals surface area contributed by atoms with Gasteiger partial charge in [-0.2, -0.15) is 0 Å². The molecule has 6 heteroatoms. The standard InChI is InChI=1S/C40H22N2O4/c43-37-33-31-11-5-6-12-32(31)34-36(35(33)39(45)41(37)25-13-15-29-23(19-25)17-21-7-1-3-9-27(21)29)40(46)42(38(34)44)26-14-16-30-24(20-26)18-22-8-2-4-10-28(22)30/h1-16,19-20H,17-18H2. The molecule has 2 heterocycles. The van der Waals surface area contributed by atoms with Crippen LogP contribution in [0.2, 0.25) is 0 Å². The minimum atomic E-state index is -0.593. The van der Waals surface area contributed by atoms with Crippen LogP contribution in [0.1, 0.15) is 22.3 Å². The highest BCUT2D eigenvalue weighted by Gasteiger charge is 2.28. The van der Waals surface area contributed by atoms with E-state index >= 15 is 0 Å². The molecule has 2 aliphatic carbocycles. The second kappa shape index (κ2) is 8.73. The van der Waals surface area contributed by atoms with Crippen LogP contribution in [0.3, 0.4) is 0 Å². The van der Waals surface area contributed by atoms with Gasteiger partial charge in [-0.15, -0.1) is 0 Å². The van der Waals surface area contributed by atoms with Crippen molar-refractivity contribution in [3.63, 3.8) is 0 Å². The quantitative estimate of drug-likeness (QED) is 0.239. The van der Waals surface area contributed by atoms with Crippen LogP contribution in [-0.4, -0.2) is 9.13 Å². The van der Waals surface area contributed by atoms with Gasteiger partial charge in [-0.05, 0) is 92.4 Å². The SMILES string of the molecule is O=c1c2c3ccccc3c3c(=O)n(-c4ccc5c(c4)Cc4ccccc4-5)c(=O)c3c2c(=O)n1-c1ccc2c(c1)Cc1ccccc1-2. The van der Waals surface area contributed by atoms with E-state index in [1.165, 1.54) is 11.1 Å². The summed E-state index contributed by atoms with van der Waals surface area (Å²) < 4.78 is 2.32. The molecule has 10 rings (SSSR count). The Morgan fingerprint density at radius 1 is 0.370 bits per heavy atom. The van der Waals surface area contributed by atoms with Gasteiger partial charge in [-0.1, -0.05) is 84.9 Å². The second-order valence-corrected chi connectivity index (χ2v) is 12.3. The number of rotatable bonds is 2. The van der Waals surface area contributed by atoms with Crippen molar-refractivity contribution in [1.29, 1.82) is 0 Å². The van der Waals surface area contributed by atoms with Crippen molar-refractivity contribution in [3.8, 4) is 33.6 Å². The zero-order valence-corrected chi connectivity index (χ0v) is 24.3. The number of hydrogen-bond acceptors (Lipinski definition) is 4. The van der Waals surface area contributed by atoms with Gasteiger partial charge < -0.3 is 0 Å². The average molecular weight is 595 g/mol. The molecule has 0 saturated carbocycles. The summed E-state index contributed by atoms with van der Waals surface area (Å²) in [7, 11) is 0. The topological polar surface area (TPSA) is 78.1 Å². The third-order valence-corrected chi connectivity index (χ3v) is 9.95. The molecule has 0 amide bonds. The summed E-state index contributed by atoms with van der Waals surface area (Å²) in [5.74, 6) is 0. The molecule has 0 bridgehead atoms. The number of benzene rings is 6. The van der Waals surface area contributed by atoms with E-state index in [1.807, 2.05) is 48.5 Å². The van der Waals surface area contributed by atoms with Gasteiger partial charge in [-0.3, -0.25) is 19.2 Å². The first-order valence-electron chi connectivity index (χ1n) is 15.3. The minimum Gasteiger partial charge on any atom is -0.268 e. The minimum absolute atomic E-state index is 0.00287. The van der Waals surface area contributed by atoms with Crippen LogP contribution in [0.15, 0.2) is 128 Å². The zero-order valence-electron chi connectivity index (χ0n) is 24.3. The predicted molar refractivity (Wildman–Crippen MR) is 182 cm³/mol. The highest BCUT2D eigenvalue weighted by Crippen LogP contribution is 2.39. The monoisotopic (exact) mass is 594 g/mol. The molecule has 0 radical (unpaired) electrons. The Bertz CT molecular complexity index is 2700. The fourth-order valence-corrected chi connectivity index (χ4v) is 7.95. The van der Waals surface area contributed by atoms with E-state index in [-0.39, 0.29) is 21.5 Å². The molecule has 0 atom stereocenters. The van der Waals surface area contributed by atoms with Crippen molar-refractivity contribution < 1.29 is 0 Å². The lowest BCUT2D eigenvalue weighted by Gasteiger charge is -2.05. The second-order valence-electron chi connectivity index (χ2n) is 12.3. The van der Waals surface area contributed by atoms with Gasteiger partial charge in [0.15, 0.2) is 0 Å². The third kappa shape index (κ3) is 3.10. The molecule has 2 aromatic heterocycles. The van der Waals surface area contributed by atoms with Crippen molar-refractivity contribution in [2.24, 2.45) is 0 Å². The molecule has 6 nitrogen and oxygen atoms in total. The number of fused-ring (bicyclic) bond motifs is 12. The maximum atomic E-state index is 14.3. The van der Waals surface area contributed by atoms with Crippen LogP contribution in [-0.2, 0) is 12.8 Å². The Labute approximate surface area is 260 Å². The average Bonchev–Trinajstić information content (AvgIpc) is 3.78. The molecular weight excluding hydrogens is 572 g/mol. The Hall–Kier alpha value is -6.14. The van der Waals surface area contributed by atoms with Crippen molar-refractivity contribution in [1.82, 2.24) is 9.13 Å². The summed E-state index contributed by atoms with van der Waals surface area (Å²) in [6.45, 7) is 0. The van der Waals surface area contributed by atoms with Gasteiger partial charge in [-0.25, -0.2) is 9.13 Å². The first-order valence-corrected chi connectivity index (χ1v) is 15.3. The third-order valence-electron chi connectivity index (χ3n) is 9.95. The normalized spacial score (nSPS) is 13.0. The molecule has 0 fully saturated rings. The fraction of sp³-hybridized carbons (Fsp3) is 0.0500. The maximum Gasteiger partial charge on any atom is 0.267 e. The highest BCUT2D eigenvalue weighted by atomic mass is 16.2. The van der Waals surface area contributed by atoms with E-state index in [0.717, 1.165) is 42.5 Å². The summed E-state index contributed by atoms with van der Waals surface area (Å²) in [6.07, 6.45) is 1.41. The van der Waals surface area contributed by atoms with E-state index in [4.69, 9.17) is 0 Å². The summed E-state index contributed by atoms with van der Waals surface area (Å²) in [5.41, 5.74) is 7.62. The van der Waals surface area contributed by atoms with Crippen LogP contribution in [0, 0.1) is 0 Å². The molecule has 0 N–H and O–H groups in total. The van der Waals surface area contributed by atoms with Crippen molar-refractivity contribution in [2.45, 2.75) is 12.8 Å². The molecular formula is C40H22N2O4. The first kappa shape index (κ1) is 25.2. The molecule has 46 heavy (non-hydrogen) atoms. The predicted octanol–water partition coefficient (Wildman–Crippen LogP) is 6.19. The Kier molecular flexibility index (Phi) is 4.79. The first-order chi connectivity index (χ1) is 22.5. The van der Waals surface area contributed by atoms with E-state index in [9.17, 15) is 19.2 Å². The largest absolute Gasteiger partial charge is 0.268 e. The molecule has 0 unspecified atom stereocenters. The van der Waals surface area contributed by atoms with Gasteiger partial charge in [0.1, 0.15) is 0 Å².